The first kappa shape index (κ1) is 24.1. The fraction of sp³-hybridized carbons (Fsp3) is 0.296. The number of hydrogen-bond donors (Lipinski definition) is 1. The molecule has 0 saturated heterocycles. The molecule has 4 rings (SSSR count). The zero-order valence-corrected chi connectivity index (χ0v) is 21.0. The Bertz CT molecular complexity index is 1370. The summed E-state index contributed by atoms with van der Waals surface area (Å²) in [5.41, 5.74) is 4.23. The molecule has 0 aliphatic heterocycles. The van der Waals surface area contributed by atoms with Crippen molar-refractivity contribution in [1.29, 1.82) is 0 Å². The summed E-state index contributed by atoms with van der Waals surface area (Å²) in [6.45, 7) is 10.2. The summed E-state index contributed by atoms with van der Waals surface area (Å²) in [6.07, 6.45) is 4.15. The molecule has 1 amide bonds. The third kappa shape index (κ3) is 5.37. The average molecular weight is 471 g/mol. The first-order valence-corrected chi connectivity index (χ1v) is 11.6. The number of aromatic nitrogens is 5. The lowest BCUT2D eigenvalue weighted by molar-refractivity contribution is 0.101. The molecule has 0 bridgehead atoms. The largest absolute Gasteiger partial charge is 0.438 e. The normalized spacial score (nSPS) is 11.4. The summed E-state index contributed by atoms with van der Waals surface area (Å²) in [6, 6.07) is 13.0. The Hall–Kier alpha value is -4.07. The Balaban J connectivity index is 1.60. The van der Waals surface area contributed by atoms with Gasteiger partial charge in [0.15, 0.2) is 0 Å². The number of hydrogen-bond acceptors (Lipinski definition) is 6. The Morgan fingerprint density at radius 3 is 2.60 bits per heavy atom. The molecule has 0 saturated carbocycles. The predicted molar refractivity (Wildman–Crippen MR) is 136 cm³/mol. The van der Waals surface area contributed by atoms with Crippen LogP contribution in [0.3, 0.4) is 0 Å². The number of amides is 1. The maximum atomic E-state index is 13.0. The molecule has 0 spiro atoms. The van der Waals surface area contributed by atoms with Crippen LogP contribution in [-0.4, -0.2) is 30.6 Å². The molecular weight excluding hydrogens is 440 g/mol. The van der Waals surface area contributed by atoms with Crippen molar-refractivity contribution in [1.82, 2.24) is 24.7 Å². The second-order valence-electron chi connectivity index (χ2n) is 9.39. The topological polar surface area (TPSA) is 94.8 Å². The lowest BCUT2D eigenvalue weighted by atomic mass is 9.92. The van der Waals surface area contributed by atoms with E-state index in [-0.39, 0.29) is 11.3 Å². The van der Waals surface area contributed by atoms with Crippen LogP contribution in [0.15, 0.2) is 54.9 Å². The first-order valence-electron chi connectivity index (χ1n) is 11.6. The van der Waals surface area contributed by atoms with Gasteiger partial charge in [0.2, 0.25) is 5.88 Å². The van der Waals surface area contributed by atoms with E-state index in [1.165, 1.54) is 0 Å². The number of pyridine rings is 1. The Morgan fingerprint density at radius 1 is 1.09 bits per heavy atom. The van der Waals surface area contributed by atoms with Gasteiger partial charge < -0.3 is 10.1 Å². The molecule has 180 valence electrons. The van der Waals surface area contributed by atoms with Crippen molar-refractivity contribution in [2.75, 3.05) is 5.32 Å². The number of rotatable bonds is 6. The minimum atomic E-state index is -0.239. The van der Waals surface area contributed by atoms with Gasteiger partial charge in [0.05, 0.1) is 17.0 Å². The van der Waals surface area contributed by atoms with Crippen LogP contribution >= 0.6 is 0 Å². The third-order valence-corrected chi connectivity index (χ3v) is 5.60. The lowest BCUT2D eigenvalue weighted by Gasteiger charge is -2.14. The van der Waals surface area contributed by atoms with Crippen LogP contribution in [-0.2, 0) is 18.9 Å². The van der Waals surface area contributed by atoms with Gasteiger partial charge in [0.25, 0.3) is 5.91 Å². The molecule has 35 heavy (non-hydrogen) atoms. The maximum absolute atomic E-state index is 13.0. The van der Waals surface area contributed by atoms with Crippen LogP contribution in [0.4, 0.5) is 5.69 Å². The van der Waals surface area contributed by atoms with E-state index in [1.54, 1.807) is 30.2 Å². The standard InChI is InChI=1S/C27H30N6O2/c1-7-24-28-14-12-20(31-24)19-9-8-13-29-26(19)35-22-15-18(11-10-17(22)2)30-25(34)21-16-23(27(3,4)5)32-33(21)6/h8-16H,7H2,1-6H3,(H,30,34). The minimum absolute atomic E-state index is 0.150. The van der Waals surface area contributed by atoms with Crippen molar-refractivity contribution in [2.24, 2.45) is 7.05 Å². The summed E-state index contributed by atoms with van der Waals surface area (Å²) >= 11 is 0. The molecular formula is C27H30N6O2. The zero-order valence-electron chi connectivity index (χ0n) is 21.0. The van der Waals surface area contributed by atoms with Gasteiger partial charge in [0, 0.05) is 43.0 Å². The highest BCUT2D eigenvalue weighted by molar-refractivity contribution is 6.03. The maximum Gasteiger partial charge on any atom is 0.273 e. The number of carbonyl (C=O) groups excluding carboxylic acids is 1. The van der Waals surface area contributed by atoms with Gasteiger partial charge in [0.1, 0.15) is 17.3 Å². The number of aryl methyl sites for hydroxylation is 3. The number of ether oxygens (including phenoxy) is 1. The predicted octanol–water partition coefficient (Wildman–Crippen LogP) is 5.49. The van der Waals surface area contributed by atoms with Gasteiger partial charge in [-0.25, -0.2) is 15.0 Å². The number of nitrogens with zero attached hydrogens (tertiary/aromatic N) is 5. The molecule has 3 heterocycles. The van der Waals surface area contributed by atoms with E-state index in [0.29, 0.717) is 23.0 Å². The molecule has 0 aliphatic carbocycles. The molecule has 8 nitrogen and oxygen atoms in total. The molecule has 0 aliphatic rings. The van der Waals surface area contributed by atoms with Crippen molar-refractivity contribution >= 4 is 11.6 Å². The van der Waals surface area contributed by atoms with Gasteiger partial charge >= 0.3 is 0 Å². The van der Waals surface area contributed by atoms with Crippen molar-refractivity contribution in [3.05, 3.63) is 77.6 Å². The Morgan fingerprint density at radius 2 is 1.89 bits per heavy atom. The molecule has 4 aromatic rings. The van der Waals surface area contributed by atoms with Crippen LogP contribution in [0.25, 0.3) is 11.3 Å². The highest BCUT2D eigenvalue weighted by Gasteiger charge is 2.22. The quantitative estimate of drug-likeness (QED) is 0.401. The Labute approximate surface area is 205 Å². The molecule has 0 unspecified atom stereocenters. The first-order chi connectivity index (χ1) is 16.7. The fourth-order valence-corrected chi connectivity index (χ4v) is 3.52. The van der Waals surface area contributed by atoms with Crippen LogP contribution in [0.2, 0.25) is 0 Å². The van der Waals surface area contributed by atoms with Crippen LogP contribution < -0.4 is 10.1 Å². The van der Waals surface area contributed by atoms with E-state index in [9.17, 15) is 4.79 Å². The van der Waals surface area contributed by atoms with E-state index in [0.717, 1.165) is 34.8 Å². The van der Waals surface area contributed by atoms with Crippen molar-refractivity contribution in [2.45, 2.75) is 46.5 Å². The van der Waals surface area contributed by atoms with E-state index >= 15 is 0 Å². The zero-order chi connectivity index (χ0) is 25.2. The van der Waals surface area contributed by atoms with Gasteiger partial charge in [-0.05, 0) is 42.8 Å². The molecule has 0 atom stereocenters. The molecule has 1 N–H and O–H groups in total. The molecule has 1 aromatic carbocycles. The van der Waals surface area contributed by atoms with Crippen LogP contribution in [0, 0.1) is 6.92 Å². The summed E-state index contributed by atoms with van der Waals surface area (Å²) in [7, 11) is 1.77. The summed E-state index contributed by atoms with van der Waals surface area (Å²) in [5, 5.41) is 7.45. The van der Waals surface area contributed by atoms with E-state index < -0.39 is 0 Å². The summed E-state index contributed by atoms with van der Waals surface area (Å²) < 4.78 is 7.83. The summed E-state index contributed by atoms with van der Waals surface area (Å²) in [4.78, 5) is 26.3. The number of nitrogens with one attached hydrogen (secondary N) is 1. The highest BCUT2D eigenvalue weighted by Crippen LogP contribution is 2.33. The van der Waals surface area contributed by atoms with Gasteiger partial charge in [-0.2, -0.15) is 5.10 Å². The highest BCUT2D eigenvalue weighted by atomic mass is 16.5. The SMILES string of the molecule is CCc1nccc(-c2cccnc2Oc2cc(NC(=O)c3cc(C(C)(C)C)nn3C)ccc2C)n1. The van der Waals surface area contributed by atoms with Crippen LogP contribution in [0.5, 0.6) is 11.6 Å². The molecule has 3 aromatic heterocycles. The average Bonchev–Trinajstić information content (AvgIpc) is 3.24. The lowest BCUT2D eigenvalue weighted by Crippen LogP contribution is -2.16. The van der Waals surface area contributed by atoms with E-state index in [1.807, 2.05) is 50.2 Å². The minimum Gasteiger partial charge on any atom is -0.438 e. The molecule has 8 heteroatoms. The summed E-state index contributed by atoms with van der Waals surface area (Å²) in [5.74, 6) is 1.54. The van der Waals surface area contributed by atoms with Gasteiger partial charge in [-0.3, -0.25) is 9.48 Å². The van der Waals surface area contributed by atoms with E-state index in [4.69, 9.17) is 4.74 Å². The van der Waals surface area contributed by atoms with Crippen molar-refractivity contribution < 1.29 is 9.53 Å². The van der Waals surface area contributed by atoms with Crippen LogP contribution in [0.1, 0.15) is 55.3 Å². The smallest absolute Gasteiger partial charge is 0.273 e. The number of carbonyl (C=O) groups is 1. The number of anilines is 1. The number of benzene rings is 1. The molecule has 0 fully saturated rings. The van der Waals surface area contributed by atoms with E-state index in [2.05, 4.69) is 46.1 Å². The monoisotopic (exact) mass is 470 g/mol. The van der Waals surface area contributed by atoms with Crippen molar-refractivity contribution in [3.63, 3.8) is 0 Å². The van der Waals surface area contributed by atoms with Crippen molar-refractivity contribution in [3.8, 4) is 22.9 Å². The Kier molecular flexibility index (Phi) is 6.64. The third-order valence-electron chi connectivity index (χ3n) is 5.60. The second kappa shape index (κ2) is 9.66. The van der Waals surface area contributed by atoms with Gasteiger partial charge in [-0.15, -0.1) is 0 Å². The fourth-order valence-electron chi connectivity index (χ4n) is 3.52. The second-order valence-corrected chi connectivity index (χ2v) is 9.39. The molecule has 0 radical (unpaired) electrons. The van der Waals surface area contributed by atoms with Gasteiger partial charge in [-0.1, -0.05) is 33.8 Å².